The number of nitrogens with one attached hydrogen (secondary N) is 6. The molecule has 0 spiro atoms. The van der Waals surface area contributed by atoms with E-state index in [2.05, 4.69) is 95.1 Å². The first-order chi connectivity index (χ1) is 63.4. The van der Waals surface area contributed by atoms with Crippen molar-refractivity contribution in [2.45, 2.75) is 108 Å². The van der Waals surface area contributed by atoms with Crippen LogP contribution in [0.25, 0.3) is 77.6 Å². The van der Waals surface area contributed by atoms with Crippen molar-refractivity contribution in [1.82, 2.24) is 4.98 Å². The van der Waals surface area contributed by atoms with E-state index in [0.717, 1.165) is 83.2 Å². The first-order valence-corrected chi connectivity index (χ1v) is 45.2. The van der Waals surface area contributed by atoms with Crippen molar-refractivity contribution in [3.8, 4) is 50.3 Å². The van der Waals surface area contributed by atoms with Crippen LogP contribution in [0.4, 0.5) is 40.3 Å². The van der Waals surface area contributed by atoms with E-state index in [9.17, 15) is 24.3 Å². The van der Waals surface area contributed by atoms with Crippen LogP contribution in [0.15, 0.2) is 313 Å². The van der Waals surface area contributed by atoms with Crippen molar-refractivity contribution < 1.29 is 47.1 Å². The molecule has 13 rings (SSSR count). The molecule has 0 radical (unpaired) electrons. The number of pyridine rings is 1. The number of carbonyl (C=O) groups excluding carboxylic acids is 4. The summed E-state index contributed by atoms with van der Waals surface area (Å²) in [6.45, 7) is 13.9. The van der Waals surface area contributed by atoms with E-state index in [1.54, 1.807) is 114 Å². The summed E-state index contributed by atoms with van der Waals surface area (Å²) in [7, 11) is 0. The summed E-state index contributed by atoms with van der Waals surface area (Å²) < 4.78 is 63.3. The van der Waals surface area contributed by atoms with Crippen molar-refractivity contribution in [1.29, 1.82) is 10.8 Å². The number of benzene rings is 12. The number of hydrogen-bond acceptors (Lipinski definition) is 14. The van der Waals surface area contributed by atoms with Crippen LogP contribution in [-0.4, -0.2) is 56.2 Å². The highest BCUT2D eigenvalue weighted by Gasteiger charge is 2.25. The summed E-state index contributed by atoms with van der Waals surface area (Å²) in [4.78, 5) is 55.3. The molecule has 1 aromatic heterocycles. The highest BCUT2D eigenvalue weighted by molar-refractivity contribution is 9.11. The van der Waals surface area contributed by atoms with Crippen LogP contribution in [-0.2, 0) is 45.4 Å². The zero-order valence-electron chi connectivity index (χ0n) is 73.4. The Labute approximate surface area is 805 Å². The lowest BCUT2D eigenvalue weighted by Gasteiger charge is -2.13. The van der Waals surface area contributed by atoms with Gasteiger partial charge in [0.25, 0.3) is 23.6 Å². The third-order valence-corrected chi connectivity index (χ3v) is 24.3. The summed E-state index contributed by atoms with van der Waals surface area (Å²) in [5.74, 6) is -7.33. The van der Waals surface area contributed by atoms with E-state index in [1.807, 2.05) is 184 Å². The Morgan fingerprint density at radius 3 is 1.03 bits per heavy atom. The van der Waals surface area contributed by atoms with Gasteiger partial charge in [0.15, 0.2) is 23.3 Å². The molecule has 0 aliphatic rings. The third kappa shape index (κ3) is 26.2. The zero-order chi connectivity index (χ0) is 95.6. The first kappa shape index (κ1) is 104. The lowest BCUT2D eigenvalue weighted by atomic mass is 9.98. The first-order valence-electron chi connectivity index (χ1n) is 42.0. The fourth-order valence-corrected chi connectivity index (χ4v) is 16.5. The number of nitrogens with zero attached hydrogens (tertiary/aromatic N) is 2. The Balaban J connectivity index is 0.000000199. The number of aryl methyl sites for hydroxylation is 1. The third-order valence-electron chi connectivity index (χ3n) is 21.7. The van der Waals surface area contributed by atoms with Gasteiger partial charge in [-0.25, -0.2) is 17.6 Å². The number of halogens is 8. The lowest BCUT2D eigenvalue weighted by molar-refractivity contribution is -0.114. The monoisotopic (exact) mass is 2050 g/mol. The molecule has 4 amide bonds. The molecule has 1 heterocycles. The number of nitrogens with two attached hydrogens (primary N) is 5. The number of fused-ring (bicyclic) bond motifs is 1. The van der Waals surface area contributed by atoms with Crippen LogP contribution in [0.3, 0.4) is 0 Å². The maximum atomic E-state index is 15.3. The minimum Gasteiger partial charge on any atom is -0.507 e. The summed E-state index contributed by atoms with van der Waals surface area (Å²) in [6.07, 6.45) is 2.92. The van der Waals surface area contributed by atoms with Crippen molar-refractivity contribution in [2.24, 2.45) is 33.8 Å². The quantitative estimate of drug-likeness (QED) is 0.00571. The molecule has 0 bridgehead atoms. The van der Waals surface area contributed by atoms with Gasteiger partial charge in [0.2, 0.25) is 0 Å². The van der Waals surface area contributed by atoms with Crippen molar-refractivity contribution in [2.75, 3.05) is 21.3 Å². The summed E-state index contributed by atoms with van der Waals surface area (Å²) in [6, 6.07) is 78.8. The van der Waals surface area contributed by atoms with Gasteiger partial charge >= 0.3 is 0 Å². The molecule has 0 aliphatic carbocycles. The smallest absolute Gasteiger partial charge is 0.284 e. The topological polar surface area (TPSA) is 360 Å². The number of aromatic nitrogens is 1. The van der Waals surface area contributed by atoms with E-state index in [1.165, 1.54) is 18.2 Å². The van der Waals surface area contributed by atoms with Gasteiger partial charge in [-0.3, -0.25) is 29.6 Å². The zero-order valence-corrected chi connectivity index (χ0v) is 79.7. The van der Waals surface area contributed by atoms with Gasteiger partial charge in [0, 0.05) is 100 Å². The van der Waals surface area contributed by atoms with E-state index >= 15 is 17.6 Å². The van der Waals surface area contributed by atoms with Crippen molar-refractivity contribution >= 4 is 160 Å². The number of hydrogen-bond donors (Lipinski definition) is 13. The number of amides is 4. The summed E-state index contributed by atoms with van der Waals surface area (Å²) in [5.41, 5.74) is 48.6. The minimum absolute atomic E-state index is 0. The standard InChI is InChI=1S/C28H25BrFN3O.C26H25BrFN3O2.C26H25BrFN3O.C25H24BrFN4O2.CH4/c1-3-22(19-9-8-18-12-13-32-17(2)24(18)14-19)27(30)28(34)33-26-11-10-20(15-25(26)29)23-7-5-4-6-21(23)16-31;1-3-21(18-9-6-8-17(13-18)16(2)31-33)25(28)26(32)30-24-12-11-19(14-23(24)27)22-10-5-4-7-20(22)15-29;1-3-21(18-9-6-8-17(13-18)16(2)30)25(28)26(32)31-24-12-11-19(14-23(24)27)22-10-5-4-7-20(22)15-29;1-2-17(19-11-15(24(29)30)8-10-22(19)32)23(27)25(33)31-21-9-7-14(12-20(21)26)18-6-4-3-5-16(18)13-28;/h4-15H,3,16,31H2,1-2H3,(H,33,34);4-14,33H,3,15,29H2,1-2H3,(H,30,32);4-14,30H,3,15,29H2,1-2H3,(H,31,32);3-12,32H,2,13,28H2,1H3,(H3,29,30)(H,31,33);1H4/b27-22+;25-21+,31-16+;25-21+,30-16?;23-17+;. The van der Waals surface area contributed by atoms with Crippen LogP contribution in [0, 0.1) is 17.7 Å². The van der Waals surface area contributed by atoms with Crippen molar-refractivity contribution in [3.63, 3.8) is 0 Å². The molecular formula is C106H103Br4F4N13O6. The van der Waals surface area contributed by atoms with Gasteiger partial charge in [-0.15, -0.1) is 0 Å². The number of oxime groups is 1. The molecule has 27 heteroatoms. The molecule has 0 fully saturated rings. The number of amidine groups is 1. The van der Waals surface area contributed by atoms with E-state index < -0.39 is 46.9 Å². The molecule has 12 aromatic carbocycles. The number of nitrogen functional groups attached to an aromatic ring is 1. The van der Waals surface area contributed by atoms with Gasteiger partial charge in [0.1, 0.15) is 11.6 Å². The Hall–Kier alpha value is -13.2. The van der Waals surface area contributed by atoms with Gasteiger partial charge in [-0.2, -0.15) is 0 Å². The van der Waals surface area contributed by atoms with Gasteiger partial charge in [-0.1, -0.05) is 210 Å². The molecule has 0 aliphatic heterocycles. The molecule has 133 heavy (non-hydrogen) atoms. The Bertz CT molecular complexity index is 6690. The fraction of sp³-hybridized carbons (Fsp3) is 0.151. The maximum absolute atomic E-state index is 15.3. The van der Waals surface area contributed by atoms with Crippen LogP contribution >= 0.6 is 63.7 Å². The molecule has 0 saturated heterocycles. The number of aromatic hydroxyl groups is 1. The Morgan fingerprint density at radius 2 is 0.707 bits per heavy atom. The second kappa shape index (κ2) is 49.3. The maximum Gasteiger partial charge on any atom is 0.284 e. The fourth-order valence-electron chi connectivity index (χ4n) is 14.6. The van der Waals surface area contributed by atoms with Crippen LogP contribution in [0.2, 0.25) is 0 Å². The van der Waals surface area contributed by atoms with Crippen LogP contribution in [0.5, 0.6) is 5.75 Å². The van der Waals surface area contributed by atoms with Gasteiger partial charge in [-0.05, 0) is 301 Å². The normalized spacial score (nSPS) is 11.8. The Kier molecular flexibility index (Phi) is 38.4. The second-order valence-corrected chi connectivity index (χ2v) is 33.5. The molecule has 0 unspecified atom stereocenters. The Morgan fingerprint density at radius 1 is 0.391 bits per heavy atom. The molecule has 18 N–H and O–H groups in total. The average Bonchev–Trinajstić information content (AvgIpc) is 0.803. The molecule has 13 aromatic rings. The summed E-state index contributed by atoms with van der Waals surface area (Å²) in [5, 5.41) is 50.3. The number of rotatable bonds is 27. The molecule has 0 saturated carbocycles. The highest BCUT2D eigenvalue weighted by Crippen LogP contribution is 2.40. The second-order valence-electron chi connectivity index (χ2n) is 30.1. The number of phenols is 1. The largest absolute Gasteiger partial charge is 0.507 e. The van der Waals surface area contributed by atoms with E-state index in [-0.39, 0.29) is 42.1 Å². The number of anilines is 4. The van der Waals surface area contributed by atoms with Gasteiger partial charge in [0.05, 0.1) is 28.5 Å². The van der Waals surface area contributed by atoms with Crippen molar-refractivity contribution in [3.05, 3.63) is 375 Å². The number of carbonyl (C=O) groups is 4. The number of phenolic OH excluding ortho intramolecular Hbond substituents is 1. The predicted octanol–water partition coefficient (Wildman–Crippen LogP) is 26.3. The highest BCUT2D eigenvalue weighted by atomic mass is 79.9. The van der Waals surface area contributed by atoms with E-state index in [4.69, 9.17) is 44.7 Å². The SMILES string of the molecule is C.CC/C(=C(\F)C(=O)Nc1ccc(-c2ccccc2CN)cc1Br)c1cc(C(=N)N)ccc1O.CC/C(=C(\F)C(=O)Nc1ccc(-c2ccccc2CN)cc1Br)c1ccc2ccnc(C)c2c1.CC/C(=C(\F)C(=O)Nc1ccc(-c2ccccc2CN)cc1Br)c1cccc(/C(C)=N/O)c1.CC/C(=C(\F)C(=O)Nc1ccc(-c2ccccc2CN)cc1Br)c1cccc(C(C)=N)c1. The predicted molar refractivity (Wildman–Crippen MR) is 549 cm³/mol. The molecule has 19 nitrogen and oxygen atoms in total. The molecule has 684 valence electrons. The van der Waals surface area contributed by atoms with E-state index in [0.29, 0.717) is 142 Å². The average molecular weight is 2050 g/mol. The molecule has 0 atom stereocenters. The van der Waals surface area contributed by atoms with Crippen LogP contribution < -0.4 is 49.9 Å². The number of allylic oxidation sites excluding steroid dienone is 4. The lowest BCUT2D eigenvalue weighted by Crippen LogP contribution is -2.14. The van der Waals surface area contributed by atoms with Gasteiger partial charge < -0.3 is 65.7 Å². The minimum atomic E-state index is -1.03. The van der Waals surface area contributed by atoms with Crippen LogP contribution in [0.1, 0.15) is 142 Å². The molecular weight excluding hydrogens is 1950 g/mol. The summed E-state index contributed by atoms with van der Waals surface area (Å²) >= 11 is 13.9.